The van der Waals surface area contributed by atoms with E-state index in [-0.39, 0.29) is 0 Å². The molecule has 33 heavy (non-hydrogen) atoms. The quantitative estimate of drug-likeness (QED) is 0.609. The molecule has 1 aliphatic heterocycles. The third-order valence-electron chi connectivity index (χ3n) is 6.71. The summed E-state index contributed by atoms with van der Waals surface area (Å²) in [5.41, 5.74) is 0.920. The van der Waals surface area contributed by atoms with Crippen molar-refractivity contribution in [3.63, 3.8) is 0 Å². The number of hydrogen-bond acceptors (Lipinski definition) is 6. The number of sulfonamides is 1. The van der Waals surface area contributed by atoms with Crippen LogP contribution in [-0.2, 0) is 10.0 Å². The normalized spacial score (nSPS) is 18.5. The van der Waals surface area contributed by atoms with Crippen molar-refractivity contribution in [1.29, 1.82) is 0 Å². The van der Waals surface area contributed by atoms with E-state index in [2.05, 4.69) is 15.2 Å². The largest absolute Gasteiger partial charge is 0.354 e. The summed E-state index contributed by atoms with van der Waals surface area (Å²) in [6.45, 7) is 4.05. The van der Waals surface area contributed by atoms with Gasteiger partial charge in [-0.2, -0.15) is 9.29 Å². The van der Waals surface area contributed by atoms with Gasteiger partial charge in [0.2, 0.25) is 16.0 Å². The van der Waals surface area contributed by atoms with E-state index < -0.39 is 10.0 Å². The van der Waals surface area contributed by atoms with Gasteiger partial charge in [-0.25, -0.2) is 13.4 Å². The van der Waals surface area contributed by atoms with E-state index in [1.165, 1.54) is 19.3 Å². The van der Waals surface area contributed by atoms with Crippen LogP contribution in [0.1, 0.15) is 37.8 Å². The molecule has 8 heteroatoms. The molecule has 2 heterocycles. The van der Waals surface area contributed by atoms with Crippen LogP contribution in [0.25, 0.3) is 10.8 Å². The van der Waals surface area contributed by atoms with E-state index in [0.29, 0.717) is 43.1 Å². The second-order valence-electron chi connectivity index (χ2n) is 9.04. The van der Waals surface area contributed by atoms with Crippen LogP contribution in [0, 0.1) is 6.92 Å². The monoisotopic (exact) mass is 465 g/mol. The lowest BCUT2D eigenvalue weighted by Crippen LogP contribution is -2.49. The van der Waals surface area contributed by atoms with Crippen LogP contribution in [0.15, 0.2) is 53.4 Å². The van der Waals surface area contributed by atoms with Gasteiger partial charge in [-0.05, 0) is 31.2 Å². The zero-order valence-corrected chi connectivity index (χ0v) is 19.9. The fraction of sp³-hybridized carbons (Fsp3) is 0.440. The van der Waals surface area contributed by atoms with E-state index in [1.807, 2.05) is 49.4 Å². The number of nitrogens with one attached hydrogen (secondary N) is 1. The summed E-state index contributed by atoms with van der Waals surface area (Å²) in [6, 6.07) is 15.5. The highest BCUT2D eigenvalue weighted by Gasteiger charge is 2.30. The molecule has 3 aromatic rings. The van der Waals surface area contributed by atoms with Crippen LogP contribution in [0.2, 0.25) is 0 Å². The Bertz CT molecular complexity index is 1230. The van der Waals surface area contributed by atoms with Gasteiger partial charge in [0.15, 0.2) is 0 Å². The first kappa shape index (κ1) is 22.1. The fourth-order valence-corrected chi connectivity index (χ4v) is 6.56. The van der Waals surface area contributed by atoms with Crippen LogP contribution in [0.5, 0.6) is 0 Å². The summed E-state index contributed by atoms with van der Waals surface area (Å²) >= 11 is 0. The Hall–Kier alpha value is -2.71. The molecule has 7 nitrogen and oxygen atoms in total. The van der Waals surface area contributed by atoms with Gasteiger partial charge in [-0.1, -0.05) is 55.7 Å². The van der Waals surface area contributed by atoms with Crippen molar-refractivity contribution in [2.75, 3.05) is 36.4 Å². The molecule has 1 N–H and O–H groups in total. The lowest BCUT2D eigenvalue weighted by Gasteiger charge is -2.35. The third kappa shape index (κ3) is 4.68. The van der Waals surface area contributed by atoms with Crippen molar-refractivity contribution in [3.8, 4) is 0 Å². The number of piperazine rings is 1. The smallest absolute Gasteiger partial charge is 0.243 e. The number of aryl methyl sites for hydroxylation is 1. The molecule has 1 aliphatic carbocycles. The highest BCUT2D eigenvalue weighted by Crippen LogP contribution is 2.27. The molecular formula is C25H31N5O2S. The van der Waals surface area contributed by atoms with Crippen molar-refractivity contribution >= 4 is 32.6 Å². The van der Waals surface area contributed by atoms with Gasteiger partial charge in [0.25, 0.3) is 0 Å². The average molecular weight is 466 g/mol. The lowest BCUT2D eigenvalue weighted by atomic mass is 9.96. The zero-order chi connectivity index (χ0) is 22.8. The number of benzene rings is 2. The Morgan fingerprint density at radius 1 is 0.909 bits per heavy atom. The summed E-state index contributed by atoms with van der Waals surface area (Å²) in [4.78, 5) is 11.9. The molecular weight excluding hydrogens is 434 g/mol. The van der Waals surface area contributed by atoms with E-state index >= 15 is 0 Å². The van der Waals surface area contributed by atoms with Crippen LogP contribution in [0.4, 0.5) is 11.8 Å². The summed E-state index contributed by atoms with van der Waals surface area (Å²) in [6.07, 6.45) is 6.14. The topological polar surface area (TPSA) is 78.4 Å². The Labute approximate surface area is 195 Å². The van der Waals surface area contributed by atoms with Crippen LogP contribution >= 0.6 is 0 Å². The lowest BCUT2D eigenvalue weighted by molar-refractivity contribution is 0.384. The highest BCUT2D eigenvalue weighted by molar-refractivity contribution is 7.89. The van der Waals surface area contributed by atoms with Crippen LogP contribution in [-0.4, -0.2) is 54.9 Å². The number of nitrogens with zero attached hydrogens (tertiary/aromatic N) is 4. The summed E-state index contributed by atoms with van der Waals surface area (Å²) in [7, 11) is -3.57. The second-order valence-corrected chi connectivity index (χ2v) is 10.9. The van der Waals surface area contributed by atoms with Gasteiger partial charge >= 0.3 is 0 Å². The van der Waals surface area contributed by atoms with E-state index in [1.54, 1.807) is 10.4 Å². The summed E-state index contributed by atoms with van der Waals surface area (Å²) in [5, 5.41) is 5.22. The maximum absolute atomic E-state index is 13.4. The molecule has 1 saturated carbocycles. The first-order valence-electron chi connectivity index (χ1n) is 11.9. The number of fused-ring (bicyclic) bond motifs is 1. The van der Waals surface area contributed by atoms with Crippen LogP contribution < -0.4 is 10.2 Å². The maximum Gasteiger partial charge on any atom is 0.243 e. The van der Waals surface area contributed by atoms with Crippen molar-refractivity contribution in [2.24, 2.45) is 0 Å². The van der Waals surface area contributed by atoms with Crippen molar-refractivity contribution < 1.29 is 8.42 Å². The molecule has 0 unspecified atom stereocenters. The first-order valence-corrected chi connectivity index (χ1v) is 13.3. The standard InChI is InChI=1S/C25H31N5O2S/c1-19-18-24(28-25(26-19)27-21-10-3-2-4-11-21)29-14-16-30(17-15-29)33(31,32)23-13-7-9-20-8-5-6-12-22(20)23/h5-9,12-13,18,21H,2-4,10-11,14-17H2,1H3,(H,26,27,28). The zero-order valence-electron chi connectivity index (χ0n) is 19.1. The van der Waals surface area contributed by atoms with Gasteiger partial charge in [0, 0.05) is 49.4 Å². The van der Waals surface area contributed by atoms with Gasteiger partial charge in [-0.3, -0.25) is 0 Å². The van der Waals surface area contributed by atoms with Gasteiger partial charge in [0.05, 0.1) is 4.90 Å². The molecule has 1 aromatic heterocycles. The maximum atomic E-state index is 13.4. The predicted molar refractivity (Wildman–Crippen MR) is 132 cm³/mol. The Balaban J connectivity index is 1.31. The summed E-state index contributed by atoms with van der Waals surface area (Å²) in [5.74, 6) is 1.55. The summed E-state index contributed by atoms with van der Waals surface area (Å²) < 4.78 is 28.5. The second kappa shape index (κ2) is 9.27. The minimum atomic E-state index is -3.57. The predicted octanol–water partition coefficient (Wildman–Crippen LogP) is 4.19. The molecule has 0 spiro atoms. The molecule has 174 valence electrons. The van der Waals surface area contributed by atoms with Gasteiger partial charge in [-0.15, -0.1) is 0 Å². The first-order chi connectivity index (χ1) is 16.0. The number of anilines is 2. The highest BCUT2D eigenvalue weighted by atomic mass is 32.2. The van der Waals surface area contributed by atoms with E-state index in [0.717, 1.165) is 35.1 Å². The van der Waals surface area contributed by atoms with E-state index in [9.17, 15) is 8.42 Å². The molecule has 2 aromatic carbocycles. The molecule has 0 atom stereocenters. The molecule has 0 radical (unpaired) electrons. The minimum absolute atomic E-state index is 0.380. The van der Waals surface area contributed by atoms with Gasteiger partial charge in [0.1, 0.15) is 5.82 Å². The number of aromatic nitrogens is 2. The fourth-order valence-electron chi connectivity index (χ4n) is 4.93. The Morgan fingerprint density at radius 3 is 2.42 bits per heavy atom. The van der Waals surface area contributed by atoms with E-state index in [4.69, 9.17) is 4.98 Å². The van der Waals surface area contributed by atoms with Crippen LogP contribution in [0.3, 0.4) is 0 Å². The van der Waals surface area contributed by atoms with Gasteiger partial charge < -0.3 is 10.2 Å². The Morgan fingerprint density at radius 2 is 1.64 bits per heavy atom. The van der Waals surface area contributed by atoms with Crippen molar-refractivity contribution in [2.45, 2.75) is 50.0 Å². The SMILES string of the molecule is Cc1cc(N2CCN(S(=O)(=O)c3cccc4ccccc34)CC2)nc(NC2CCCCC2)n1. The minimum Gasteiger partial charge on any atom is -0.354 e. The van der Waals surface area contributed by atoms with Crippen molar-refractivity contribution in [3.05, 3.63) is 54.2 Å². The third-order valence-corrected chi connectivity index (χ3v) is 8.67. The Kier molecular flexibility index (Phi) is 6.21. The number of rotatable bonds is 5. The molecule has 0 bridgehead atoms. The number of hydrogen-bond donors (Lipinski definition) is 1. The molecule has 2 aliphatic rings. The molecule has 0 amide bonds. The molecule has 5 rings (SSSR count). The molecule has 2 fully saturated rings. The van der Waals surface area contributed by atoms with Crippen molar-refractivity contribution in [1.82, 2.24) is 14.3 Å². The average Bonchev–Trinajstić information content (AvgIpc) is 2.84. The molecule has 1 saturated heterocycles.